The molecule has 2 aromatic heterocycles. The van der Waals surface area contributed by atoms with Crippen LogP contribution in [0.15, 0.2) is 29.9 Å². The fourth-order valence-corrected chi connectivity index (χ4v) is 2.65. The van der Waals surface area contributed by atoms with E-state index in [0.717, 1.165) is 24.6 Å². The molecule has 0 amide bonds. The molecule has 2 rings (SSSR count). The topological polar surface area (TPSA) is 41.1 Å². The van der Waals surface area contributed by atoms with Crippen molar-refractivity contribution in [2.75, 3.05) is 18.5 Å². The van der Waals surface area contributed by atoms with Gasteiger partial charge in [-0.2, -0.15) is 0 Å². The molecule has 1 atom stereocenters. The highest BCUT2D eigenvalue weighted by Gasteiger charge is 2.14. The van der Waals surface area contributed by atoms with Gasteiger partial charge in [-0.1, -0.05) is 13.0 Å². The molecule has 0 bridgehead atoms. The minimum atomic E-state index is 0.309. The van der Waals surface area contributed by atoms with Gasteiger partial charge in [0.2, 0.25) is 0 Å². The molecule has 0 aromatic carbocycles. The lowest BCUT2D eigenvalue weighted by Crippen LogP contribution is -2.23. The Balaban J connectivity index is 2.12. The lowest BCUT2D eigenvalue weighted by molar-refractivity contribution is 0.694. The van der Waals surface area contributed by atoms with Gasteiger partial charge < -0.3 is 10.2 Å². The molecule has 0 spiro atoms. The minimum absolute atomic E-state index is 0.309. The van der Waals surface area contributed by atoms with E-state index < -0.39 is 0 Å². The largest absolute Gasteiger partial charge is 0.351 e. The summed E-state index contributed by atoms with van der Waals surface area (Å²) in [5.74, 6) is 0.913. The summed E-state index contributed by atoms with van der Waals surface area (Å²) in [5.41, 5.74) is 0.976. The number of hydrogen-bond donors (Lipinski definition) is 1. The molecule has 0 fully saturated rings. The number of nitrogens with zero attached hydrogens (tertiary/aromatic N) is 3. The second-order valence-corrected chi connectivity index (χ2v) is 5.43. The van der Waals surface area contributed by atoms with E-state index in [-0.39, 0.29) is 0 Å². The number of anilines is 1. The van der Waals surface area contributed by atoms with Crippen molar-refractivity contribution in [3.05, 3.63) is 40.5 Å². The first kappa shape index (κ1) is 14.0. The summed E-state index contributed by atoms with van der Waals surface area (Å²) in [6.07, 6.45) is 3.63. The van der Waals surface area contributed by atoms with E-state index in [1.165, 1.54) is 4.88 Å². The average molecular weight is 276 g/mol. The summed E-state index contributed by atoms with van der Waals surface area (Å²) >= 11 is 1.77. The standard InChI is InChI=1S/C14H20N4S/c1-4-15-8-12-9-16-10-14(17-12)18(3)11(2)13-6-5-7-19-13/h5-7,9-11,15H,4,8H2,1-3H3. The maximum absolute atomic E-state index is 4.65. The number of rotatable bonds is 6. The lowest BCUT2D eigenvalue weighted by Gasteiger charge is -2.25. The molecule has 0 saturated carbocycles. The van der Waals surface area contributed by atoms with Crippen LogP contribution in [0.4, 0.5) is 5.82 Å². The fourth-order valence-electron chi connectivity index (χ4n) is 1.82. The van der Waals surface area contributed by atoms with Crippen molar-refractivity contribution in [2.24, 2.45) is 0 Å². The fraction of sp³-hybridized carbons (Fsp3) is 0.429. The van der Waals surface area contributed by atoms with E-state index >= 15 is 0 Å². The van der Waals surface area contributed by atoms with Crippen LogP contribution in [-0.4, -0.2) is 23.6 Å². The van der Waals surface area contributed by atoms with Crippen molar-refractivity contribution < 1.29 is 0 Å². The SMILES string of the molecule is CCNCc1cncc(N(C)C(C)c2cccs2)n1. The lowest BCUT2D eigenvalue weighted by atomic mass is 10.2. The van der Waals surface area contributed by atoms with Crippen molar-refractivity contribution in [1.29, 1.82) is 0 Å². The molecule has 2 aromatic rings. The number of hydrogen-bond acceptors (Lipinski definition) is 5. The zero-order chi connectivity index (χ0) is 13.7. The second-order valence-electron chi connectivity index (χ2n) is 4.45. The highest BCUT2D eigenvalue weighted by Crippen LogP contribution is 2.26. The Morgan fingerprint density at radius 2 is 2.26 bits per heavy atom. The molecule has 102 valence electrons. The molecule has 1 unspecified atom stereocenters. The van der Waals surface area contributed by atoms with Gasteiger partial charge in [0.1, 0.15) is 5.82 Å². The van der Waals surface area contributed by atoms with E-state index in [1.54, 1.807) is 11.3 Å². The Bertz CT molecular complexity index is 498. The first-order chi connectivity index (χ1) is 9.22. The quantitative estimate of drug-likeness (QED) is 0.881. The number of aromatic nitrogens is 2. The van der Waals surface area contributed by atoms with Crippen LogP contribution in [0.25, 0.3) is 0 Å². The van der Waals surface area contributed by atoms with Gasteiger partial charge in [0.25, 0.3) is 0 Å². The van der Waals surface area contributed by atoms with E-state index in [2.05, 4.69) is 58.6 Å². The van der Waals surface area contributed by atoms with Crippen molar-refractivity contribution in [3.63, 3.8) is 0 Å². The Labute approximate surface area is 118 Å². The maximum atomic E-state index is 4.65. The third-order valence-electron chi connectivity index (χ3n) is 3.13. The number of thiophene rings is 1. The summed E-state index contributed by atoms with van der Waals surface area (Å²) in [7, 11) is 2.06. The normalized spacial score (nSPS) is 12.4. The van der Waals surface area contributed by atoms with Gasteiger partial charge >= 0.3 is 0 Å². The predicted molar refractivity (Wildman–Crippen MR) is 80.5 cm³/mol. The highest BCUT2D eigenvalue weighted by atomic mass is 32.1. The Morgan fingerprint density at radius 3 is 2.95 bits per heavy atom. The summed E-state index contributed by atoms with van der Waals surface area (Å²) < 4.78 is 0. The van der Waals surface area contributed by atoms with Gasteiger partial charge in [-0.3, -0.25) is 4.98 Å². The zero-order valence-electron chi connectivity index (χ0n) is 11.6. The molecular weight excluding hydrogens is 256 g/mol. The first-order valence-electron chi connectivity index (χ1n) is 6.50. The maximum Gasteiger partial charge on any atom is 0.147 e. The van der Waals surface area contributed by atoms with Gasteiger partial charge in [0.05, 0.1) is 17.9 Å². The molecule has 5 heteroatoms. The second kappa shape index (κ2) is 6.63. The van der Waals surface area contributed by atoms with Crippen LogP contribution in [0.2, 0.25) is 0 Å². The van der Waals surface area contributed by atoms with Gasteiger partial charge in [-0.05, 0) is 24.9 Å². The summed E-state index contributed by atoms with van der Waals surface area (Å²) in [6, 6.07) is 4.54. The van der Waals surface area contributed by atoms with Crippen LogP contribution >= 0.6 is 11.3 Å². The summed E-state index contributed by atoms with van der Waals surface area (Å²) in [4.78, 5) is 12.4. The first-order valence-corrected chi connectivity index (χ1v) is 7.38. The van der Waals surface area contributed by atoms with E-state index in [9.17, 15) is 0 Å². The Kier molecular flexibility index (Phi) is 4.87. The Hall–Kier alpha value is -1.46. The van der Waals surface area contributed by atoms with Gasteiger partial charge in [0, 0.05) is 24.7 Å². The smallest absolute Gasteiger partial charge is 0.147 e. The average Bonchev–Trinajstić information content (AvgIpc) is 2.98. The van der Waals surface area contributed by atoms with Gasteiger partial charge in [-0.15, -0.1) is 11.3 Å². The zero-order valence-corrected chi connectivity index (χ0v) is 12.4. The van der Waals surface area contributed by atoms with E-state index in [1.807, 2.05) is 12.4 Å². The predicted octanol–water partition coefficient (Wildman–Crippen LogP) is 2.85. The summed E-state index contributed by atoms with van der Waals surface area (Å²) in [6.45, 7) is 5.97. The van der Waals surface area contributed by atoms with Gasteiger partial charge in [0.15, 0.2) is 0 Å². The van der Waals surface area contributed by atoms with E-state index in [0.29, 0.717) is 6.04 Å². The monoisotopic (exact) mass is 276 g/mol. The highest BCUT2D eigenvalue weighted by molar-refractivity contribution is 7.10. The van der Waals surface area contributed by atoms with Crippen molar-refractivity contribution >= 4 is 17.2 Å². The third kappa shape index (κ3) is 3.52. The molecule has 1 N–H and O–H groups in total. The van der Waals surface area contributed by atoms with Crippen LogP contribution in [-0.2, 0) is 6.54 Å². The Morgan fingerprint density at radius 1 is 1.42 bits per heavy atom. The third-order valence-corrected chi connectivity index (χ3v) is 4.17. The van der Waals surface area contributed by atoms with Crippen LogP contribution in [0.3, 0.4) is 0 Å². The molecular formula is C14H20N4S. The minimum Gasteiger partial charge on any atom is -0.351 e. The van der Waals surface area contributed by atoms with Crippen molar-refractivity contribution in [1.82, 2.24) is 15.3 Å². The molecule has 0 aliphatic heterocycles. The van der Waals surface area contributed by atoms with E-state index in [4.69, 9.17) is 0 Å². The van der Waals surface area contributed by atoms with Crippen molar-refractivity contribution in [3.8, 4) is 0 Å². The molecule has 0 aliphatic rings. The van der Waals surface area contributed by atoms with Crippen LogP contribution in [0, 0.1) is 0 Å². The molecule has 0 radical (unpaired) electrons. The molecule has 19 heavy (non-hydrogen) atoms. The molecule has 0 aliphatic carbocycles. The molecule has 2 heterocycles. The molecule has 4 nitrogen and oxygen atoms in total. The van der Waals surface area contributed by atoms with Crippen LogP contribution < -0.4 is 10.2 Å². The summed E-state index contributed by atoms with van der Waals surface area (Å²) in [5, 5.41) is 5.37. The van der Waals surface area contributed by atoms with Crippen LogP contribution in [0.1, 0.15) is 30.5 Å². The number of nitrogens with one attached hydrogen (secondary N) is 1. The van der Waals surface area contributed by atoms with Crippen LogP contribution in [0.5, 0.6) is 0 Å². The van der Waals surface area contributed by atoms with Crippen molar-refractivity contribution in [2.45, 2.75) is 26.4 Å². The molecule has 0 saturated heterocycles. The van der Waals surface area contributed by atoms with Gasteiger partial charge in [-0.25, -0.2) is 4.98 Å².